The molecule has 1 amide bonds. The fraction of sp³-hybridized carbons (Fsp3) is 0.304. The van der Waals surface area contributed by atoms with Crippen LogP contribution in [0.3, 0.4) is 0 Å². The first kappa shape index (κ1) is 18.6. The average Bonchev–Trinajstić information content (AvgIpc) is 3.52. The van der Waals surface area contributed by atoms with E-state index in [2.05, 4.69) is 16.7 Å². The average molecular weight is 375 g/mol. The van der Waals surface area contributed by atoms with Gasteiger partial charge >= 0.3 is 0 Å². The highest BCUT2D eigenvalue weighted by Crippen LogP contribution is 2.26. The number of aliphatic hydroxyl groups excluding tert-OH is 1. The number of benzene rings is 2. The van der Waals surface area contributed by atoms with E-state index in [9.17, 15) is 9.90 Å². The first-order valence-electron chi connectivity index (χ1n) is 9.74. The normalized spacial score (nSPS) is 13.6. The minimum atomic E-state index is -0.0196. The Kier molecular flexibility index (Phi) is 5.37. The van der Waals surface area contributed by atoms with Crippen molar-refractivity contribution >= 4 is 22.5 Å². The van der Waals surface area contributed by atoms with Crippen molar-refractivity contribution in [3.8, 4) is 0 Å². The van der Waals surface area contributed by atoms with Gasteiger partial charge in [-0.05, 0) is 48.6 Å². The van der Waals surface area contributed by atoms with Gasteiger partial charge in [-0.1, -0.05) is 36.4 Å². The number of aromatic nitrogens is 1. The van der Waals surface area contributed by atoms with Crippen molar-refractivity contribution in [1.82, 2.24) is 10.3 Å². The highest BCUT2D eigenvalue weighted by Gasteiger charge is 2.21. The quantitative estimate of drug-likeness (QED) is 0.592. The molecular weight excluding hydrogens is 350 g/mol. The second-order valence-corrected chi connectivity index (χ2v) is 7.43. The second kappa shape index (κ2) is 8.09. The maximum Gasteiger partial charge on any atom is 0.238 e. The Hall–Kier alpha value is -2.76. The fourth-order valence-electron chi connectivity index (χ4n) is 3.51. The number of pyridine rings is 1. The third-order valence-corrected chi connectivity index (χ3v) is 5.11. The number of amides is 1. The molecule has 3 N–H and O–H groups in total. The van der Waals surface area contributed by atoms with Crippen molar-refractivity contribution in [2.75, 3.05) is 11.9 Å². The van der Waals surface area contributed by atoms with Gasteiger partial charge in [-0.3, -0.25) is 9.78 Å². The van der Waals surface area contributed by atoms with E-state index in [1.54, 1.807) is 0 Å². The number of para-hydroxylation sites is 2. The van der Waals surface area contributed by atoms with Crippen LogP contribution >= 0.6 is 0 Å². The maximum atomic E-state index is 12.3. The van der Waals surface area contributed by atoms with Gasteiger partial charge in [-0.2, -0.15) is 0 Å². The van der Waals surface area contributed by atoms with Gasteiger partial charge < -0.3 is 15.7 Å². The van der Waals surface area contributed by atoms with Crippen molar-refractivity contribution in [3.05, 3.63) is 70.9 Å². The van der Waals surface area contributed by atoms with E-state index in [4.69, 9.17) is 4.98 Å². The van der Waals surface area contributed by atoms with Gasteiger partial charge in [0.15, 0.2) is 0 Å². The molecule has 144 valence electrons. The van der Waals surface area contributed by atoms with Crippen molar-refractivity contribution in [2.45, 2.75) is 38.8 Å². The van der Waals surface area contributed by atoms with Crippen LogP contribution in [0, 0.1) is 6.92 Å². The van der Waals surface area contributed by atoms with E-state index in [-0.39, 0.29) is 12.5 Å². The number of hydrogen-bond acceptors (Lipinski definition) is 4. The summed E-state index contributed by atoms with van der Waals surface area (Å²) in [5.74, 6) is -0.0196. The first-order chi connectivity index (χ1) is 13.6. The van der Waals surface area contributed by atoms with Gasteiger partial charge in [0.2, 0.25) is 5.91 Å². The van der Waals surface area contributed by atoms with E-state index in [0.29, 0.717) is 19.0 Å². The highest BCUT2D eigenvalue weighted by molar-refractivity contribution is 5.93. The van der Waals surface area contributed by atoms with Crippen LogP contribution in [0.4, 0.5) is 5.69 Å². The third-order valence-electron chi connectivity index (χ3n) is 5.11. The van der Waals surface area contributed by atoms with Crippen LogP contribution < -0.4 is 10.6 Å². The van der Waals surface area contributed by atoms with Gasteiger partial charge in [0.05, 0.1) is 18.7 Å². The number of hydrogen-bond donors (Lipinski definition) is 3. The first-order valence-corrected chi connectivity index (χ1v) is 9.74. The largest absolute Gasteiger partial charge is 0.392 e. The number of nitrogens with zero attached hydrogens (tertiary/aromatic N) is 1. The Labute approximate surface area is 164 Å². The summed E-state index contributed by atoms with van der Waals surface area (Å²) < 4.78 is 0. The highest BCUT2D eigenvalue weighted by atomic mass is 16.3. The summed E-state index contributed by atoms with van der Waals surface area (Å²) in [5.41, 5.74) is 5.63. The van der Waals surface area contributed by atoms with Crippen LogP contribution in [-0.2, 0) is 17.8 Å². The SMILES string of the molecule is Cc1cc(CO)c2cccc(Cc3ccccc3NC(=O)CNC3CC3)c2n1. The topological polar surface area (TPSA) is 74.2 Å². The summed E-state index contributed by atoms with van der Waals surface area (Å²) in [7, 11) is 0. The molecule has 2 aromatic carbocycles. The molecule has 1 aliphatic carbocycles. The zero-order chi connectivity index (χ0) is 19.5. The zero-order valence-electron chi connectivity index (χ0n) is 16.0. The molecule has 3 aromatic rings. The van der Waals surface area contributed by atoms with Crippen molar-refractivity contribution < 1.29 is 9.90 Å². The molecule has 5 nitrogen and oxygen atoms in total. The van der Waals surface area contributed by atoms with Crippen LogP contribution in [-0.4, -0.2) is 28.6 Å². The minimum Gasteiger partial charge on any atom is -0.392 e. The third kappa shape index (κ3) is 4.21. The van der Waals surface area contributed by atoms with Gasteiger partial charge in [0.1, 0.15) is 0 Å². The summed E-state index contributed by atoms with van der Waals surface area (Å²) in [6.07, 6.45) is 2.98. The summed E-state index contributed by atoms with van der Waals surface area (Å²) in [6, 6.07) is 16.4. The molecule has 5 heteroatoms. The Morgan fingerprint density at radius 2 is 1.89 bits per heavy atom. The van der Waals surface area contributed by atoms with Gasteiger partial charge in [-0.15, -0.1) is 0 Å². The number of aryl methyl sites for hydroxylation is 1. The van der Waals surface area contributed by atoms with Gasteiger partial charge in [0, 0.05) is 29.2 Å². The predicted octanol–water partition coefficient (Wildman–Crippen LogP) is 3.32. The number of nitrogens with one attached hydrogen (secondary N) is 2. The van der Waals surface area contributed by atoms with Crippen molar-refractivity contribution in [2.24, 2.45) is 0 Å². The number of aliphatic hydroxyl groups is 1. The Morgan fingerprint density at radius 1 is 1.11 bits per heavy atom. The smallest absolute Gasteiger partial charge is 0.238 e. The van der Waals surface area contributed by atoms with E-state index in [0.717, 1.165) is 51.8 Å². The number of carbonyl (C=O) groups excluding carboxylic acids is 1. The molecule has 28 heavy (non-hydrogen) atoms. The summed E-state index contributed by atoms with van der Waals surface area (Å²) in [4.78, 5) is 17.0. The Balaban J connectivity index is 1.61. The lowest BCUT2D eigenvalue weighted by Crippen LogP contribution is -2.29. The Morgan fingerprint density at radius 3 is 2.68 bits per heavy atom. The molecule has 1 aromatic heterocycles. The van der Waals surface area contributed by atoms with Crippen molar-refractivity contribution in [3.63, 3.8) is 0 Å². The lowest BCUT2D eigenvalue weighted by Gasteiger charge is -2.14. The zero-order valence-corrected chi connectivity index (χ0v) is 16.0. The van der Waals surface area contributed by atoms with Gasteiger partial charge in [-0.25, -0.2) is 0 Å². The van der Waals surface area contributed by atoms with E-state index >= 15 is 0 Å². The molecule has 0 aliphatic heterocycles. The molecule has 0 saturated heterocycles. The molecule has 0 unspecified atom stereocenters. The number of rotatable bonds is 7. The molecule has 4 rings (SSSR count). The van der Waals surface area contributed by atoms with Crippen LogP contribution in [0.5, 0.6) is 0 Å². The van der Waals surface area contributed by atoms with Crippen molar-refractivity contribution in [1.29, 1.82) is 0 Å². The van der Waals surface area contributed by atoms with Crippen LogP contribution in [0.1, 0.15) is 35.2 Å². The standard InChI is InChI=1S/C23H25N3O2/c1-15-11-18(14-27)20-7-4-6-17(23(20)25-15)12-16-5-2-3-8-21(16)26-22(28)13-24-19-9-10-19/h2-8,11,19,24,27H,9-10,12-14H2,1H3,(H,26,28). The molecule has 1 fully saturated rings. The van der Waals surface area contributed by atoms with Gasteiger partial charge in [0.25, 0.3) is 0 Å². The van der Waals surface area contributed by atoms with Crippen LogP contribution in [0.25, 0.3) is 10.9 Å². The molecule has 1 saturated carbocycles. The fourth-order valence-corrected chi connectivity index (χ4v) is 3.51. The molecular formula is C23H25N3O2. The predicted molar refractivity (Wildman–Crippen MR) is 111 cm³/mol. The lowest BCUT2D eigenvalue weighted by molar-refractivity contribution is -0.115. The van der Waals surface area contributed by atoms with E-state index in [1.165, 1.54) is 0 Å². The molecule has 0 radical (unpaired) electrons. The monoisotopic (exact) mass is 375 g/mol. The number of fused-ring (bicyclic) bond motifs is 1. The minimum absolute atomic E-state index is 0.00997. The molecule has 1 heterocycles. The van der Waals surface area contributed by atoms with E-state index < -0.39 is 0 Å². The molecule has 0 atom stereocenters. The van der Waals surface area contributed by atoms with E-state index in [1.807, 2.05) is 49.4 Å². The number of carbonyl (C=O) groups is 1. The molecule has 0 bridgehead atoms. The summed E-state index contributed by atoms with van der Waals surface area (Å²) >= 11 is 0. The Bertz CT molecular complexity index is 1010. The van der Waals surface area contributed by atoms with Crippen LogP contribution in [0.15, 0.2) is 48.5 Å². The molecule has 0 spiro atoms. The van der Waals surface area contributed by atoms with Crippen LogP contribution in [0.2, 0.25) is 0 Å². The second-order valence-electron chi connectivity index (χ2n) is 7.43. The maximum absolute atomic E-state index is 12.3. The number of anilines is 1. The summed E-state index contributed by atoms with van der Waals surface area (Å²) in [5, 5.41) is 16.9. The lowest BCUT2D eigenvalue weighted by atomic mass is 9.98. The summed E-state index contributed by atoms with van der Waals surface area (Å²) in [6.45, 7) is 2.27. The molecule has 1 aliphatic rings.